The van der Waals surface area contributed by atoms with Crippen molar-refractivity contribution in [3.05, 3.63) is 65.7 Å². The zero-order valence-electron chi connectivity index (χ0n) is 16.9. The first-order chi connectivity index (χ1) is 14.1. The third-order valence-corrected chi connectivity index (χ3v) is 7.26. The first kappa shape index (κ1) is 22.0. The van der Waals surface area contributed by atoms with Crippen molar-refractivity contribution in [2.45, 2.75) is 49.8 Å². The van der Waals surface area contributed by atoms with E-state index >= 15 is 0 Å². The minimum Gasteiger partial charge on any atom is -0.395 e. The lowest BCUT2D eigenvalue weighted by atomic mass is 10.1. The molecule has 0 aliphatic carbocycles. The van der Waals surface area contributed by atoms with Gasteiger partial charge in [0.05, 0.1) is 23.9 Å². The Bertz CT molecular complexity index is 837. The van der Waals surface area contributed by atoms with E-state index < -0.39 is 9.84 Å². The summed E-state index contributed by atoms with van der Waals surface area (Å²) in [5, 5.41) is 9.43. The molecule has 0 radical (unpaired) electrons. The molecule has 1 saturated heterocycles. The van der Waals surface area contributed by atoms with Crippen LogP contribution in [0.15, 0.2) is 59.5 Å². The summed E-state index contributed by atoms with van der Waals surface area (Å²) in [5.74, 6) is 0.153. The summed E-state index contributed by atoms with van der Waals surface area (Å²) in [4.78, 5) is 2.73. The van der Waals surface area contributed by atoms with E-state index in [1.807, 2.05) is 6.07 Å². The number of hydrogen-bond acceptors (Lipinski definition) is 5. The maximum Gasteiger partial charge on any atom is 0.178 e. The van der Waals surface area contributed by atoms with Crippen LogP contribution in [-0.4, -0.2) is 50.0 Å². The monoisotopic (exact) mass is 417 g/mol. The number of unbranched alkanes of at least 4 members (excludes halogenated alkanes) is 1. The van der Waals surface area contributed by atoms with Gasteiger partial charge in [0.25, 0.3) is 0 Å². The molecule has 1 aliphatic rings. The normalized spacial score (nSPS) is 17.6. The second kappa shape index (κ2) is 10.9. The third kappa shape index (κ3) is 6.64. The number of aliphatic hydroxyl groups excluding tert-OH is 1. The summed E-state index contributed by atoms with van der Waals surface area (Å²) in [7, 11) is -3.20. The summed E-state index contributed by atoms with van der Waals surface area (Å²) in [6, 6.07) is 17.3. The Morgan fingerprint density at radius 2 is 1.72 bits per heavy atom. The average molecular weight is 418 g/mol. The fourth-order valence-corrected chi connectivity index (χ4v) is 5.11. The van der Waals surface area contributed by atoms with Crippen LogP contribution in [-0.2, 0) is 27.7 Å². The molecule has 0 aromatic heterocycles. The SMILES string of the molecule is O=S(=O)(CCCCOCc1ccc(CN2CCC[C@@H]2CO)cc1)c1ccccc1. The Morgan fingerprint density at radius 3 is 2.45 bits per heavy atom. The number of hydrogen-bond donors (Lipinski definition) is 1. The van der Waals surface area contributed by atoms with Crippen molar-refractivity contribution in [1.29, 1.82) is 0 Å². The highest BCUT2D eigenvalue weighted by Gasteiger charge is 2.23. The van der Waals surface area contributed by atoms with Crippen molar-refractivity contribution in [2.24, 2.45) is 0 Å². The van der Waals surface area contributed by atoms with E-state index in [-0.39, 0.29) is 12.4 Å². The lowest BCUT2D eigenvalue weighted by molar-refractivity contribution is 0.118. The van der Waals surface area contributed by atoms with E-state index in [1.54, 1.807) is 24.3 Å². The minimum atomic E-state index is -3.20. The number of nitrogens with zero attached hydrogens (tertiary/aromatic N) is 1. The van der Waals surface area contributed by atoms with E-state index in [2.05, 4.69) is 29.2 Å². The molecule has 0 unspecified atom stereocenters. The summed E-state index contributed by atoms with van der Waals surface area (Å²) in [6.45, 7) is 3.25. The molecule has 5 nitrogen and oxygen atoms in total. The van der Waals surface area contributed by atoms with Crippen molar-refractivity contribution in [3.8, 4) is 0 Å². The topological polar surface area (TPSA) is 66.8 Å². The first-order valence-electron chi connectivity index (χ1n) is 10.4. The zero-order chi connectivity index (χ0) is 20.5. The van der Waals surface area contributed by atoms with E-state index in [9.17, 15) is 13.5 Å². The van der Waals surface area contributed by atoms with Gasteiger partial charge >= 0.3 is 0 Å². The quantitative estimate of drug-likeness (QED) is 0.568. The molecular formula is C23H31NO4S. The largest absolute Gasteiger partial charge is 0.395 e. The van der Waals surface area contributed by atoms with Crippen LogP contribution >= 0.6 is 0 Å². The Balaban J connectivity index is 1.33. The van der Waals surface area contributed by atoms with Crippen LogP contribution in [0, 0.1) is 0 Å². The lowest BCUT2D eigenvalue weighted by Crippen LogP contribution is -2.31. The van der Waals surface area contributed by atoms with Gasteiger partial charge in [0.15, 0.2) is 9.84 Å². The Morgan fingerprint density at radius 1 is 1.00 bits per heavy atom. The van der Waals surface area contributed by atoms with Gasteiger partial charge in [-0.25, -0.2) is 8.42 Å². The highest BCUT2D eigenvalue weighted by molar-refractivity contribution is 7.91. The van der Waals surface area contributed by atoms with Crippen LogP contribution in [0.4, 0.5) is 0 Å². The number of sulfone groups is 1. The predicted molar refractivity (Wildman–Crippen MR) is 114 cm³/mol. The summed E-state index contributed by atoms with van der Waals surface area (Å²) < 4.78 is 30.2. The van der Waals surface area contributed by atoms with Gasteiger partial charge in [0.2, 0.25) is 0 Å². The first-order valence-corrected chi connectivity index (χ1v) is 12.0. The van der Waals surface area contributed by atoms with Gasteiger partial charge in [0, 0.05) is 19.2 Å². The van der Waals surface area contributed by atoms with Gasteiger partial charge in [-0.2, -0.15) is 0 Å². The maximum atomic E-state index is 12.2. The smallest absolute Gasteiger partial charge is 0.178 e. The maximum absolute atomic E-state index is 12.2. The van der Waals surface area contributed by atoms with E-state index in [1.165, 1.54) is 5.56 Å². The molecule has 0 amide bonds. The Kier molecular flexibility index (Phi) is 8.24. The second-order valence-corrected chi connectivity index (χ2v) is 9.77. The fourth-order valence-electron chi connectivity index (χ4n) is 3.72. The van der Waals surface area contributed by atoms with Crippen LogP contribution in [0.3, 0.4) is 0 Å². The number of ether oxygens (including phenoxy) is 1. The summed E-state index contributed by atoms with van der Waals surface area (Å²) >= 11 is 0. The van der Waals surface area contributed by atoms with Crippen molar-refractivity contribution in [3.63, 3.8) is 0 Å². The summed E-state index contributed by atoms with van der Waals surface area (Å²) in [5.41, 5.74) is 2.37. The third-order valence-electron chi connectivity index (χ3n) is 5.44. The average Bonchev–Trinajstić information content (AvgIpc) is 3.19. The highest BCUT2D eigenvalue weighted by Crippen LogP contribution is 2.20. The molecule has 1 heterocycles. The van der Waals surface area contributed by atoms with Crippen LogP contribution in [0.2, 0.25) is 0 Å². The number of benzene rings is 2. The van der Waals surface area contributed by atoms with Crippen LogP contribution in [0.25, 0.3) is 0 Å². The van der Waals surface area contributed by atoms with E-state index in [4.69, 9.17) is 4.74 Å². The van der Waals surface area contributed by atoms with Crippen LogP contribution < -0.4 is 0 Å². The van der Waals surface area contributed by atoms with Gasteiger partial charge in [-0.05, 0) is 55.5 Å². The molecule has 1 fully saturated rings. The van der Waals surface area contributed by atoms with Crippen molar-refractivity contribution in [2.75, 3.05) is 25.5 Å². The standard InChI is InChI=1S/C23H31NO4S/c25-18-22-7-6-14-24(22)17-20-10-12-21(13-11-20)19-28-15-4-5-16-29(26,27)23-8-2-1-3-9-23/h1-3,8-13,22,25H,4-7,14-19H2/t22-/m1/s1. The van der Waals surface area contributed by atoms with E-state index in [0.29, 0.717) is 30.6 Å². The van der Waals surface area contributed by atoms with E-state index in [0.717, 1.165) is 37.9 Å². The molecule has 1 atom stereocenters. The van der Waals surface area contributed by atoms with Gasteiger partial charge < -0.3 is 9.84 Å². The molecular weight excluding hydrogens is 386 g/mol. The highest BCUT2D eigenvalue weighted by atomic mass is 32.2. The molecule has 0 bridgehead atoms. The van der Waals surface area contributed by atoms with Gasteiger partial charge in [0.1, 0.15) is 0 Å². The summed E-state index contributed by atoms with van der Waals surface area (Å²) in [6.07, 6.45) is 3.55. The molecule has 1 N–H and O–H groups in total. The molecule has 1 aliphatic heterocycles. The van der Waals surface area contributed by atoms with Crippen molar-refractivity contribution >= 4 is 9.84 Å². The second-order valence-electron chi connectivity index (χ2n) is 7.66. The molecule has 158 valence electrons. The fraction of sp³-hybridized carbons (Fsp3) is 0.478. The minimum absolute atomic E-state index is 0.153. The molecule has 2 aromatic carbocycles. The number of likely N-dealkylation sites (tertiary alicyclic amines) is 1. The Labute approximate surface area is 174 Å². The Hall–Kier alpha value is -1.73. The molecule has 0 spiro atoms. The van der Waals surface area contributed by atoms with Crippen molar-refractivity contribution < 1.29 is 18.3 Å². The number of rotatable bonds is 11. The molecule has 29 heavy (non-hydrogen) atoms. The molecule has 2 aromatic rings. The zero-order valence-corrected chi connectivity index (χ0v) is 17.7. The molecule has 0 saturated carbocycles. The van der Waals surface area contributed by atoms with Crippen LogP contribution in [0.5, 0.6) is 0 Å². The predicted octanol–water partition coefficient (Wildman–Crippen LogP) is 3.41. The number of aliphatic hydroxyl groups is 1. The van der Waals surface area contributed by atoms with Gasteiger partial charge in [-0.3, -0.25) is 4.90 Å². The lowest BCUT2D eigenvalue weighted by Gasteiger charge is -2.22. The van der Waals surface area contributed by atoms with Gasteiger partial charge in [-0.15, -0.1) is 0 Å². The van der Waals surface area contributed by atoms with Crippen LogP contribution in [0.1, 0.15) is 36.8 Å². The van der Waals surface area contributed by atoms with Crippen molar-refractivity contribution in [1.82, 2.24) is 4.90 Å². The van der Waals surface area contributed by atoms with Gasteiger partial charge in [-0.1, -0.05) is 42.5 Å². The molecule has 3 rings (SSSR count). The molecule has 6 heteroatoms.